The van der Waals surface area contributed by atoms with E-state index in [1.807, 2.05) is 45.6 Å². The number of hydrogen-bond donors (Lipinski definition) is 2. The van der Waals surface area contributed by atoms with Crippen LogP contribution in [-0.2, 0) is 6.54 Å². The van der Waals surface area contributed by atoms with E-state index < -0.39 is 0 Å². The smallest absolute Gasteiger partial charge is 0.189 e. The first kappa shape index (κ1) is 20.9. The van der Waals surface area contributed by atoms with Crippen LogP contribution in [0.1, 0.15) is 40.2 Å². The van der Waals surface area contributed by atoms with Crippen molar-refractivity contribution in [2.75, 3.05) is 18.0 Å². The summed E-state index contributed by atoms with van der Waals surface area (Å²) >= 11 is 0. The fraction of sp³-hybridized carbons (Fsp3) is 0.562. The maximum atomic E-state index is 14.1. The van der Waals surface area contributed by atoms with E-state index in [9.17, 15) is 4.39 Å². The lowest BCUT2D eigenvalue weighted by atomic mass is 10.1. The van der Waals surface area contributed by atoms with Crippen LogP contribution >= 0.6 is 24.0 Å². The number of benzene rings is 1. The van der Waals surface area contributed by atoms with E-state index in [0.717, 1.165) is 18.7 Å². The van der Waals surface area contributed by atoms with Crippen LogP contribution in [0, 0.1) is 5.82 Å². The standard InChI is InChI=1S/C16H27FN4.HI/c1-6-21(7-2)14-9-8-12(10-13(14)17)11-19-15(18)20-16(3,4)5;/h8-10H,6-7,11H2,1-5H3,(H3,18,19,20);1H. The van der Waals surface area contributed by atoms with Crippen LogP contribution in [-0.4, -0.2) is 24.6 Å². The Bertz CT molecular complexity index is 493. The van der Waals surface area contributed by atoms with Crippen molar-refractivity contribution >= 4 is 35.6 Å². The van der Waals surface area contributed by atoms with Gasteiger partial charge in [0.25, 0.3) is 0 Å². The Kier molecular flexibility index (Phi) is 8.73. The molecule has 0 amide bonds. The van der Waals surface area contributed by atoms with Crippen molar-refractivity contribution in [2.24, 2.45) is 10.7 Å². The average molecular weight is 422 g/mol. The summed E-state index contributed by atoms with van der Waals surface area (Å²) in [6.07, 6.45) is 0. The van der Waals surface area contributed by atoms with Gasteiger partial charge in [0, 0.05) is 18.6 Å². The summed E-state index contributed by atoms with van der Waals surface area (Å²) in [5.41, 5.74) is 7.11. The van der Waals surface area contributed by atoms with E-state index in [4.69, 9.17) is 5.73 Å². The van der Waals surface area contributed by atoms with Crippen molar-refractivity contribution in [3.63, 3.8) is 0 Å². The first-order valence-electron chi connectivity index (χ1n) is 7.38. The van der Waals surface area contributed by atoms with E-state index >= 15 is 0 Å². The zero-order valence-electron chi connectivity index (χ0n) is 14.1. The van der Waals surface area contributed by atoms with Crippen molar-refractivity contribution in [3.8, 4) is 0 Å². The maximum absolute atomic E-state index is 14.1. The molecule has 22 heavy (non-hydrogen) atoms. The second-order valence-corrected chi connectivity index (χ2v) is 6.03. The molecule has 0 saturated carbocycles. The Morgan fingerprint density at radius 2 is 1.86 bits per heavy atom. The highest BCUT2D eigenvalue weighted by atomic mass is 127. The molecule has 0 aromatic heterocycles. The highest BCUT2D eigenvalue weighted by molar-refractivity contribution is 14.0. The molecule has 0 fully saturated rings. The Balaban J connectivity index is 0.00000441. The zero-order chi connectivity index (χ0) is 16.0. The molecule has 0 aliphatic carbocycles. The number of guanidine groups is 1. The van der Waals surface area contributed by atoms with Crippen LogP contribution in [0.4, 0.5) is 10.1 Å². The van der Waals surface area contributed by atoms with Crippen molar-refractivity contribution < 1.29 is 4.39 Å². The largest absolute Gasteiger partial charge is 0.370 e. The highest BCUT2D eigenvalue weighted by Gasteiger charge is 2.11. The molecular weight excluding hydrogens is 394 g/mol. The number of nitrogens with one attached hydrogen (secondary N) is 1. The minimum absolute atomic E-state index is 0. The second-order valence-electron chi connectivity index (χ2n) is 6.03. The minimum Gasteiger partial charge on any atom is -0.370 e. The molecule has 1 aromatic carbocycles. The van der Waals surface area contributed by atoms with Gasteiger partial charge in [-0.3, -0.25) is 0 Å². The monoisotopic (exact) mass is 422 g/mol. The summed E-state index contributed by atoms with van der Waals surface area (Å²) in [6.45, 7) is 12.0. The second kappa shape index (κ2) is 9.17. The maximum Gasteiger partial charge on any atom is 0.189 e. The number of rotatable bonds is 5. The number of nitrogens with two attached hydrogens (primary N) is 1. The zero-order valence-corrected chi connectivity index (χ0v) is 16.4. The van der Waals surface area contributed by atoms with Crippen LogP contribution in [0.3, 0.4) is 0 Å². The van der Waals surface area contributed by atoms with Crippen molar-refractivity contribution in [2.45, 2.75) is 46.7 Å². The molecule has 0 aliphatic rings. The third kappa shape index (κ3) is 6.81. The third-order valence-electron chi connectivity index (χ3n) is 3.05. The molecule has 0 aliphatic heterocycles. The molecule has 1 rings (SSSR count). The van der Waals surface area contributed by atoms with Gasteiger partial charge < -0.3 is 16.0 Å². The predicted molar refractivity (Wildman–Crippen MR) is 104 cm³/mol. The average Bonchev–Trinajstić information content (AvgIpc) is 2.38. The van der Waals surface area contributed by atoms with Crippen LogP contribution < -0.4 is 16.0 Å². The summed E-state index contributed by atoms with van der Waals surface area (Å²) in [7, 11) is 0. The van der Waals surface area contributed by atoms with E-state index in [-0.39, 0.29) is 35.3 Å². The normalized spacial score (nSPS) is 11.8. The summed E-state index contributed by atoms with van der Waals surface area (Å²) in [5, 5.41) is 3.08. The van der Waals surface area contributed by atoms with Crippen molar-refractivity contribution in [1.82, 2.24) is 5.32 Å². The molecule has 0 heterocycles. The molecular formula is C16H28FIN4. The SMILES string of the molecule is CCN(CC)c1ccc(CN=C(N)NC(C)(C)C)cc1F.I. The van der Waals surface area contributed by atoms with Gasteiger partial charge in [0.15, 0.2) is 5.96 Å². The molecule has 0 saturated heterocycles. The summed E-state index contributed by atoms with van der Waals surface area (Å²) in [5.74, 6) is 0.157. The topological polar surface area (TPSA) is 53.6 Å². The van der Waals surface area contributed by atoms with Gasteiger partial charge in [-0.2, -0.15) is 0 Å². The number of halogens is 2. The molecule has 6 heteroatoms. The predicted octanol–water partition coefficient (Wildman–Crippen LogP) is 3.49. The number of anilines is 1. The Morgan fingerprint density at radius 3 is 2.32 bits per heavy atom. The molecule has 0 atom stereocenters. The van der Waals surface area contributed by atoms with E-state index in [1.54, 1.807) is 6.07 Å². The molecule has 4 nitrogen and oxygen atoms in total. The quantitative estimate of drug-likeness (QED) is 0.434. The molecule has 0 unspecified atom stereocenters. The molecule has 0 bridgehead atoms. The fourth-order valence-corrected chi connectivity index (χ4v) is 2.07. The molecule has 1 aromatic rings. The molecule has 0 radical (unpaired) electrons. The van der Waals surface area contributed by atoms with E-state index in [2.05, 4.69) is 10.3 Å². The van der Waals surface area contributed by atoms with Crippen molar-refractivity contribution in [3.05, 3.63) is 29.6 Å². The number of aliphatic imine (C=N–C) groups is 1. The first-order valence-corrected chi connectivity index (χ1v) is 7.38. The van der Waals surface area contributed by atoms with E-state index in [1.165, 1.54) is 6.07 Å². The van der Waals surface area contributed by atoms with Gasteiger partial charge in [0.05, 0.1) is 12.2 Å². The van der Waals surface area contributed by atoms with Gasteiger partial charge in [-0.05, 0) is 52.3 Å². The first-order chi connectivity index (χ1) is 9.76. The lowest BCUT2D eigenvalue weighted by Gasteiger charge is -2.22. The third-order valence-corrected chi connectivity index (χ3v) is 3.05. The van der Waals surface area contributed by atoms with Crippen molar-refractivity contribution in [1.29, 1.82) is 0 Å². The Morgan fingerprint density at radius 1 is 1.27 bits per heavy atom. The number of hydrogen-bond acceptors (Lipinski definition) is 2. The van der Waals surface area contributed by atoms with Gasteiger partial charge in [0.2, 0.25) is 0 Å². The minimum atomic E-state index is -0.214. The molecule has 3 N–H and O–H groups in total. The van der Waals surface area contributed by atoms with Gasteiger partial charge >= 0.3 is 0 Å². The van der Waals surface area contributed by atoms with Crippen LogP contribution in [0.2, 0.25) is 0 Å². The molecule has 126 valence electrons. The summed E-state index contributed by atoms with van der Waals surface area (Å²) in [4.78, 5) is 6.22. The fourth-order valence-electron chi connectivity index (χ4n) is 2.07. The highest BCUT2D eigenvalue weighted by Crippen LogP contribution is 2.20. The number of nitrogens with zero attached hydrogens (tertiary/aromatic N) is 2. The summed E-state index contributed by atoms with van der Waals surface area (Å²) in [6, 6.07) is 5.23. The molecule has 0 spiro atoms. The van der Waals surface area contributed by atoms with Crippen LogP contribution in [0.15, 0.2) is 23.2 Å². The van der Waals surface area contributed by atoms with E-state index in [0.29, 0.717) is 18.2 Å². The Labute approximate surface area is 150 Å². The summed E-state index contributed by atoms with van der Waals surface area (Å²) < 4.78 is 14.1. The van der Waals surface area contributed by atoms with Gasteiger partial charge in [0.1, 0.15) is 5.82 Å². The van der Waals surface area contributed by atoms with Gasteiger partial charge in [-0.25, -0.2) is 9.38 Å². The van der Waals surface area contributed by atoms with Crippen LogP contribution in [0.25, 0.3) is 0 Å². The van der Waals surface area contributed by atoms with Crippen LogP contribution in [0.5, 0.6) is 0 Å². The lowest BCUT2D eigenvalue weighted by molar-refractivity contribution is 0.508. The van der Waals surface area contributed by atoms with Gasteiger partial charge in [-0.1, -0.05) is 6.07 Å². The lowest BCUT2D eigenvalue weighted by Crippen LogP contribution is -2.44. The Hall–Kier alpha value is -1.05. The van der Waals surface area contributed by atoms with Gasteiger partial charge in [-0.15, -0.1) is 24.0 Å².